The summed E-state index contributed by atoms with van der Waals surface area (Å²) in [5, 5.41) is 0. The molecule has 1 N–H and O–H groups in total. The lowest BCUT2D eigenvalue weighted by atomic mass is 10.1. The van der Waals surface area contributed by atoms with Crippen molar-refractivity contribution in [3.05, 3.63) is 65.2 Å². The summed E-state index contributed by atoms with van der Waals surface area (Å²) in [5.41, 5.74) is 3.39. The Hall–Kier alpha value is -1.65. The molecule has 0 aliphatic heterocycles. The Balaban J connectivity index is 1.86. The second-order valence-corrected chi connectivity index (χ2v) is 6.94. The van der Waals surface area contributed by atoms with Gasteiger partial charge in [-0.2, -0.15) is 0 Å². The van der Waals surface area contributed by atoms with Crippen molar-refractivity contribution in [1.82, 2.24) is 4.72 Å². The van der Waals surface area contributed by atoms with Gasteiger partial charge in [-0.05, 0) is 43.0 Å². The standard InChI is InChI=1S/C16H17NO2S/c1-12-6-9-14(10-7-12)20(18,19)17-16-11-8-13-4-2-3-5-15(13)16/h2-7,9-10,16-17H,8,11H2,1H3/t16-/m0/s1. The number of hydrogen-bond acceptors (Lipinski definition) is 2. The van der Waals surface area contributed by atoms with Gasteiger partial charge in [0.2, 0.25) is 10.0 Å². The first kappa shape index (κ1) is 13.3. The summed E-state index contributed by atoms with van der Waals surface area (Å²) in [4.78, 5) is 0.326. The highest BCUT2D eigenvalue weighted by molar-refractivity contribution is 7.89. The van der Waals surface area contributed by atoms with Crippen LogP contribution in [0.3, 0.4) is 0 Å². The van der Waals surface area contributed by atoms with E-state index in [0.29, 0.717) is 4.90 Å². The number of benzene rings is 2. The Labute approximate surface area is 119 Å². The molecule has 0 radical (unpaired) electrons. The van der Waals surface area contributed by atoms with Crippen LogP contribution in [0, 0.1) is 6.92 Å². The summed E-state index contributed by atoms with van der Waals surface area (Å²) in [6.45, 7) is 1.94. The third-order valence-corrected chi connectivity index (χ3v) is 5.25. The van der Waals surface area contributed by atoms with Gasteiger partial charge < -0.3 is 0 Å². The first-order valence-corrected chi connectivity index (χ1v) is 8.21. The maximum absolute atomic E-state index is 12.4. The van der Waals surface area contributed by atoms with E-state index in [4.69, 9.17) is 0 Å². The summed E-state index contributed by atoms with van der Waals surface area (Å²) in [6.07, 6.45) is 1.75. The van der Waals surface area contributed by atoms with E-state index in [-0.39, 0.29) is 6.04 Å². The van der Waals surface area contributed by atoms with Crippen LogP contribution in [0.5, 0.6) is 0 Å². The average Bonchev–Trinajstić information content (AvgIpc) is 2.82. The van der Waals surface area contributed by atoms with Crippen LogP contribution in [-0.2, 0) is 16.4 Å². The van der Waals surface area contributed by atoms with Crippen LogP contribution >= 0.6 is 0 Å². The van der Waals surface area contributed by atoms with E-state index < -0.39 is 10.0 Å². The van der Waals surface area contributed by atoms with Crippen molar-refractivity contribution < 1.29 is 8.42 Å². The van der Waals surface area contributed by atoms with Gasteiger partial charge in [0.05, 0.1) is 4.90 Å². The van der Waals surface area contributed by atoms with Crippen molar-refractivity contribution in [3.8, 4) is 0 Å². The number of nitrogens with one attached hydrogen (secondary N) is 1. The number of fused-ring (bicyclic) bond motifs is 1. The smallest absolute Gasteiger partial charge is 0.207 e. The molecule has 1 atom stereocenters. The molecule has 4 heteroatoms. The Bertz CT molecular complexity index is 720. The van der Waals surface area contributed by atoms with Crippen LogP contribution in [0.15, 0.2) is 53.4 Å². The summed E-state index contributed by atoms with van der Waals surface area (Å²) in [5.74, 6) is 0. The van der Waals surface area contributed by atoms with Crippen molar-refractivity contribution in [2.75, 3.05) is 0 Å². The zero-order valence-electron chi connectivity index (χ0n) is 11.3. The van der Waals surface area contributed by atoms with Crippen LogP contribution in [0.2, 0.25) is 0 Å². The zero-order valence-corrected chi connectivity index (χ0v) is 12.2. The second-order valence-electron chi connectivity index (χ2n) is 5.22. The fraction of sp³-hybridized carbons (Fsp3) is 0.250. The van der Waals surface area contributed by atoms with E-state index in [9.17, 15) is 8.42 Å². The molecular weight excluding hydrogens is 270 g/mol. The molecule has 2 aromatic carbocycles. The van der Waals surface area contributed by atoms with E-state index in [2.05, 4.69) is 10.8 Å². The Kier molecular flexibility index (Phi) is 3.36. The highest BCUT2D eigenvalue weighted by Gasteiger charge is 2.26. The van der Waals surface area contributed by atoms with E-state index in [1.165, 1.54) is 5.56 Å². The summed E-state index contributed by atoms with van der Waals surface area (Å²) in [6, 6.07) is 14.8. The van der Waals surface area contributed by atoms with E-state index in [1.807, 2.05) is 37.3 Å². The average molecular weight is 287 g/mol. The molecule has 104 valence electrons. The van der Waals surface area contributed by atoms with Gasteiger partial charge in [0, 0.05) is 6.04 Å². The first-order chi connectivity index (χ1) is 9.56. The van der Waals surface area contributed by atoms with Gasteiger partial charge in [-0.15, -0.1) is 0 Å². The minimum Gasteiger partial charge on any atom is -0.207 e. The Morgan fingerprint density at radius 2 is 1.75 bits per heavy atom. The number of sulfonamides is 1. The molecule has 0 aromatic heterocycles. The fourth-order valence-electron chi connectivity index (χ4n) is 2.65. The van der Waals surface area contributed by atoms with E-state index in [1.54, 1.807) is 12.1 Å². The van der Waals surface area contributed by atoms with Crippen molar-refractivity contribution in [1.29, 1.82) is 0 Å². The molecule has 1 aliphatic carbocycles. The van der Waals surface area contributed by atoms with Crippen LogP contribution in [0.4, 0.5) is 0 Å². The summed E-state index contributed by atoms with van der Waals surface area (Å²) >= 11 is 0. The Morgan fingerprint density at radius 1 is 1.05 bits per heavy atom. The lowest BCUT2D eigenvalue weighted by molar-refractivity contribution is 0.554. The maximum Gasteiger partial charge on any atom is 0.241 e. The molecule has 3 rings (SSSR count). The number of aryl methyl sites for hydroxylation is 2. The van der Waals surface area contributed by atoms with Crippen molar-refractivity contribution in [3.63, 3.8) is 0 Å². The van der Waals surface area contributed by atoms with E-state index >= 15 is 0 Å². The predicted molar refractivity (Wildman–Crippen MR) is 79.0 cm³/mol. The minimum absolute atomic E-state index is 0.113. The van der Waals surface area contributed by atoms with Crippen LogP contribution < -0.4 is 4.72 Å². The molecule has 0 amide bonds. The number of rotatable bonds is 3. The fourth-order valence-corrected chi connectivity index (χ4v) is 3.90. The van der Waals surface area contributed by atoms with E-state index in [0.717, 1.165) is 24.0 Å². The highest BCUT2D eigenvalue weighted by atomic mass is 32.2. The summed E-state index contributed by atoms with van der Waals surface area (Å²) < 4.78 is 27.6. The molecule has 0 saturated heterocycles. The van der Waals surface area contributed by atoms with Crippen molar-refractivity contribution in [2.45, 2.75) is 30.7 Å². The molecule has 20 heavy (non-hydrogen) atoms. The van der Waals surface area contributed by atoms with Gasteiger partial charge in [-0.1, -0.05) is 42.0 Å². The molecule has 2 aromatic rings. The molecule has 3 nitrogen and oxygen atoms in total. The van der Waals surface area contributed by atoms with Gasteiger partial charge in [0.25, 0.3) is 0 Å². The molecule has 0 heterocycles. The van der Waals surface area contributed by atoms with Crippen LogP contribution in [-0.4, -0.2) is 8.42 Å². The third kappa shape index (κ3) is 2.49. The molecule has 1 aliphatic rings. The molecule has 0 fully saturated rings. The van der Waals surface area contributed by atoms with Crippen molar-refractivity contribution >= 4 is 10.0 Å². The SMILES string of the molecule is Cc1ccc(S(=O)(=O)N[C@H]2CCc3ccccc32)cc1. The quantitative estimate of drug-likeness (QED) is 0.943. The van der Waals surface area contributed by atoms with Gasteiger partial charge >= 0.3 is 0 Å². The van der Waals surface area contributed by atoms with Crippen LogP contribution in [0.25, 0.3) is 0 Å². The highest BCUT2D eigenvalue weighted by Crippen LogP contribution is 2.31. The monoisotopic (exact) mass is 287 g/mol. The molecule has 0 spiro atoms. The molecular formula is C16H17NO2S. The Morgan fingerprint density at radius 3 is 2.50 bits per heavy atom. The van der Waals surface area contributed by atoms with Gasteiger partial charge in [0.15, 0.2) is 0 Å². The van der Waals surface area contributed by atoms with Crippen molar-refractivity contribution in [2.24, 2.45) is 0 Å². The van der Waals surface area contributed by atoms with Gasteiger partial charge in [-0.3, -0.25) is 0 Å². The first-order valence-electron chi connectivity index (χ1n) is 6.73. The van der Waals surface area contributed by atoms with Gasteiger partial charge in [0.1, 0.15) is 0 Å². The lowest BCUT2D eigenvalue weighted by Gasteiger charge is -2.14. The van der Waals surface area contributed by atoms with Gasteiger partial charge in [-0.25, -0.2) is 13.1 Å². The second kappa shape index (κ2) is 5.04. The minimum atomic E-state index is -3.45. The zero-order chi connectivity index (χ0) is 14.2. The number of hydrogen-bond donors (Lipinski definition) is 1. The largest absolute Gasteiger partial charge is 0.241 e. The maximum atomic E-state index is 12.4. The summed E-state index contributed by atoms with van der Waals surface area (Å²) in [7, 11) is -3.45. The third-order valence-electron chi connectivity index (χ3n) is 3.76. The van der Waals surface area contributed by atoms with Crippen LogP contribution in [0.1, 0.15) is 29.2 Å². The predicted octanol–water partition coefficient (Wildman–Crippen LogP) is 2.96. The normalized spacial score (nSPS) is 17.9. The lowest BCUT2D eigenvalue weighted by Crippen LogP contribution is -2.27. The topological polar surface area (TPSA) is 46.2 Å². The molecule has 0 saturated carbocycles. The molecule has 0 bridgehead atoms. The molecule has 0 unspecified atom stereocenters.